The van der Waals surface area contributed by atoms with Crippen molar-refractivity contribution in [3.05, 3.63) is 12.3 Å². The third kappa shape index (κ3) is 5.21. The van der Waals surface area contributed by atoms with Crippen molar-refractivity contribution in [1.82, 2.24) is 5.32 Å². The summed E-state index contributed by atoms with van der Waals surface area (Å²) >= 11 is 0. The van der Waals surface area contributed by atoms with E-state index >= 15 is 0 Å². The molecule has 2 N–H and O–H groups in total. The largest absolute Gasteiger partial charge is 0.391 e. The first-order valence-corrected chi connectivity index (χ1v) is 2.72. The number of allylic oxidation sites excluding steroid dienone is 1. The second-order valence-electron chi connectivity index (χ2n) is 1.57. The average Bonchev–Trinajstić information content (AvgIpc) is 1.66. The molecule has 0 rings (SSSR count). The predicted molar refractivity (Wildman–Crippen MR) is 36.2 cm³/mol. The van der Waals surface area contributed by atoms with E-state index in [9.17, 15) is 0 Å². The molecule has 0 fully saturated rings. The van der Waals surface area contributed by atoms with E-state index in [1.807, 2.05) is 6.92 Å². The maximum atomic E-state index is 6.95. The van der Waals surface area contributed by atoms with Crippen molar-refractivity contribution in [2.45, 2.75) is 13.8 Å². The molecule has 0 bridgehead atoms. The van der Waals surface area contributed by atoms with Crippen molar-refractivity contribution in [2.24, 2.45) is 0 Å². The second kappa shape index (κ2) is 4.37. The molecular weight excluding hydrogens is 100 g/mol. The lowest BCUT2D eigenvalue weighted by Crippen LogP contribution is -2.02. The normalized spacial score (nSPS) is 9.75. The van der Waals surface area contributed by atoms with Crippen molar-refractivity contribution in [3.8, 4) is 0 Å². The van der Waals surface area contributed by atoms with Gasteiger partial charge in [-0.05, 0) is 26.1 Å². The van der Waals surface area contributed by atoms with Crippen LogP contribution in [0, 0.1) is 5.41 Å². The van der Waals surface area contributed by atoms with Gasteiger partial charge in [0.05, 0.1) is 0 Å². The molecule has 0 atom stereocenters. The zero-order valence-electron chi connectivity index (χ0n) is 5.36. The van der Waals surface area contributed by atoms with Crippen LogP contribution in [0.5, 0.6) is 0 Å². The third-order valence-corrected chi connectivity index (χ3v) is 0.655. The fourth-order valence-corrected chi connectivity index (χ4v) is 0.302. The monoisotopic (exact) mass is 112 g/mol. The van der Waals surface area contributed by atoms with Gasteiger partial charge in [0.1, 0.15) is 0 Å². The molecule has 46 valence electrons. The molecule has 2 heteroatoms. The first kappa shape index (κ1) is 7.21. The molecule has 0 saturated heterocycles. The van der Waals surface area contributed by atoms with Crippen LogP contribution in [0.25, 0.3) is 0 Å². The molecule has 8 heavy (non-hydrogen) atoms. The highest BCUT2D eigenvalue weighted by molar-refractivity contribution is 5.89. The van der Waals surface area contributed by atoms with Crippen molar-refractivity contribution < 1.29 is 0 Å². The van der Waals surface area contributed by atoms with E-state index in [2.05, 4.69) is 5.32 Å². The Morgan fingerprint density at radius 1 is 1.75 bits per heavy atom. The van der Waals surface area contributed by atoms with E-state index in [4.69, 9.17) is 5.41 Å². The van der Waals surface area contributed by atoms with Crippen molar-refractivity contribution in [3.63, 3.8) is 0 Å². The Morgan fingerprint density at radius 3 is 2.75 bits per heavy atom. The fourth-order valence-electron chi connectivity index (χ4n) is 0.302. The van der Waals surface area contributed by atoms with Crippen LogP contribution in [0.15, 0.2) is 12.3 Å². The first-order valence-electron chi connectivity index (χ1n) is 2.72. The van der Waals surface area contributed by atoms with Crippen LogP contribution in [0.1, 0.15) is 13.8 Å². The predicted octanol–water partition coefficient (Wildman–Crippen LogP) is 1.15. The maximum absolute atomic E-state index is 6.95. The molecule has 0 radical (unpaired) electrons. The highest BCUT2D eigenvalue weighted by Crippen LogP contribution is 1.70. The maximum Gasteiger partial charge on any atom is 0.0297 e. The third-order valence-electron chi connectivity index (χ3n) is 0.655. The standard InChI is InChI=1S/C6H12N2/c1-3-8-5-4-6(2)7/h4-5,7-8H,3H2,1-2H3/b5-4-,7-6?. The minimum Gasteiger partial charge on any atom is -0.391 e. The van der Waals surface area contributed by atoms with Crippen LogP contribution in [0.3, 0.4) is 0 Å². The molecule has 0 saturated carbocycles. The summed E-state index contributed by atoms with van der Waals surface area (Å²) in [6, 6.07) is 0. The number of rotatable bonds is 3. The minimum atomic E-state index is 0.575. The smallest absolute Gasteiger partial charge is 0.0297 e. The Morgan fingerprint density at radius 2 is 2.38 bits per heavy atom. The quantitative estimate of drug-likeness (QED) is 0.528. The van der Waals surface area contributed by atoms with Gasteiger partial charge in [0.15, 0.2) is 0 Å². The summed E-state index contributed by atoms with van der Waals surface area (Å²) in [5, 5.41) is 9.90. The van der Waals surface area contributed by atoms with Gasteiger partial charge in [-0.1, -0.05) is 0 Å². The van der Waals surface area contributed by atoms with Gasteiger partial charge >= 0.3 is 0 Å². The van der Waals surface area contributed by atoms with Crippen LogP contribution in [-0.4, -0.2) is 12.3 Å². The lowest BCUT2D eigenvalue weighted by Gasteiger charge is -1.88. The molecule has 0 spiro atoms. The van der Waals surface area contributed by atoms with Crippen molar-refractivity contribution >= 4 is 5.71 Å². The summed E-state index contributed by atoms with van der Waals surface area (Å²) in [4.78, 5) is 0. The fraction of sp³-hybridized carbons (Fsp3) is 0.500. The topological polar surface area (TPSA) is 35.9 Å². The number of hydrogen-bond donors (Lipinski definition) is 2. The zero-order chi connectivity index (χ0) is 6.41. The van der Waals surface area contributed by atoms with Crippen LogP contribution in [-0.2, 0) is 0 Å². The summed E-state index contributed by atoms with van der Waals surface area (Å²) in [6.07, 6.45) is 3.51. The van der Waals surface area contributed by atoms with Gasteiger partial charge in [-0.25, -0.2) is 0 Å². The Labute approximate surface area is 50.1 Å². The SMILES string of the molecule is CCN/C=C\C(C)=N. The highest BCUT2D eigenvalue weighted by atomic mass is 14.8. The molecule has 0 aromatic rings. The van der Waals surface area contributed by atoms with Crippen LogP contribution in [0.2, 0.25) is 0 Å². The highest BCUT2D eigenvalue weighted by Gasteiger charge is 1.71. The molecule has 0 amide bonds. The molecule has 2 nitrogen and oxygen atoms in total. The van der Waals surface area contributed by atoms with Gasteiger partial charge in [-0.3, -0.25) is 0 Å². The molecule has 0 heterocycles. The summed E-state index contributed by atoms with van der Waals surface area (Å²) in [6.45, 7) is 4.68. The molecule has 0 unspecified atom stereocenters. The molecule has 0 aliphatic rings. The molecular formula is C6H12N2. The summed E-state index contributed by atoms with van der Waals surface area (Å²) in [5.74, 6) is 0. The zero-order valence-corrected chi connectivity index (χ0v) is 5.36. The molecule has 0 aliphatic carbocycles. The van der Waals surface area contributed by atoms with E-state index < -0.39 is 0 Å². The first-order chi connectivity index (χ1) is 3.77. The molecule has 0 aromatic carbocycles. The van der Waals surface area contributed by atoms with Crippen LogP contribution in [0.4, 0.5) is 0 Å². The minimum absolute atomic E-state index is 0.575. The van der Waals surface area contributed by atoms with Gasteiger partial charge in [-0.2, -0.15) is 0 Å². The Bertz CT molecular complexity index is 94.7. The Hall–Kier alpha value is -0.790. The van der Waals surface area contributed by atoms with Crippen LogP contribution >= 0.6 is 0 Å². The number of nitrogens with one attached hydrogen (secondary N) is 2. The Balaban J connectivity index is 3.20. The second-order valence-corrected chi connectivity index (χ2v) is 1.57. The van der Waals surface area contributed by atoms with Gasteiger partial charge in [-0.15, -0.1) is 0 Å². The van der Waals surface area contributed by atoms with E-state index in [1.165, 1.54) is 0 Å². The summed E-state index contributed by atoms with van der Waals surface area (Å²) < 4.78 is 0. The Kier molecular flexibility index (Phi) is 3.94. The average molecular weight is 112 g/mol. The summed E-state index contributed by atoms with van der Waals surface area (Å²) in [5.41, 5.74) is 0.575. The van der Waals surface area contributed by atoms with Crippen molar-refractivity contribution in [2.75, 3.05) is 6.54 Å². The number of hydrogen-bond acceptors (Lipinski definition) is 2. The van der Waals surface area contributed by atoms with E-state index in [0.29, 0.717) is 5.71 Å². The van der Waals surface area contributed by atoms with Gasteiger partial charge in [0.2, 0.25) is 0 Å². The van der Waals surface area contributed by atoms with Gasteiger partial charge in [0, 0.05) is 12.3 Å². The van der Waals surface area contributed by atoms with E-state index in [0.717, 1.165) is 6.54 Å². The van der Waals surface area contributed by atoms with Crippen molar-refractivity contribution in [1.29, 1.82) is 5.41 Å². The molecule has 0 aliphatic heterocycles. The van der Waals surface area contributed by atoms with Gasteiger partial charge in [0.25, 0.3) is 0 Å². The molecule has 0 aromatic heterocycles. The van der Waals surface area contributed by atoms with Gasteiger partial charge < -0.3 is 10.7 Å². The lowest BCUT2D eigenvalue weighted by atomic mass is 10.4. The lowest BCUT2D eigenvalue weighted by molar-refractivity contribution is 0.920. The van der Waals surface area contributed by atoms with Crippen LogP contribution < -0.4 is 5.32 Å². The van der Waals surface area contributed by atoms with E-state index in [1.54, 1.807) is 19.2 Å². The van der Waals surface area contributed by atoms with E-state index in [-0.39, 0.29) is 0 Å². The summed E-state index contributed by atoms with van der Waals surface area (Å²) in [7, 11) is 0.